The van der Waals surface area contributed by atoms with E-state index in [2.05, 4.69) is 15.5 Å². The number of carbonyl (C=O) groups excluding carboxylic acids is 2. The van der Waals surface area contributed by atoms with Gasteiger partial charge in [0.05, 0.1) is 28.1 Å². The van der Waals surface area contributed by atoms with E-state index < -0.39 is 21.8 Å². The third kappa shape index (κ3) is 3.60. The Morgan fingerprint density at radius 1 is 1.29 bits per heavy atom. The Labute approximate surface area is 162 Å². The molecule has 150 valence electrons. The minimum Gasteiger partial charge on any atom is -0.340 e. The van der Waals surface area contributed by atoms with E-state index >= 15 is 0 Å². The van der Waals surface area contributed by atoms with Crippen LogP contribution >= 0.6 is 0 Å². The second-order valence-corrected chi connectivity index (χ2v) is 9.79. The summed E-state index contributed by atoms with van der Waals surface area (Å²) in [5.74, 6) is -0.455. The van der Waals surface area contributed by atoms with Crippen LogP contribution in [-0.2, 0) is 14.6 Å². The Balaban J connectivity index is 1.53. The number of nitrogens with zero attached hydrogens (tertiary/aromatic N) is 3. The summed E-state index contributed by atoms with van der Waals surface area (Å²) in [5.41, 5.74) is 2.09. The molecule has 28 heavy (non-hydrogen) atoms. The fourth-order valence-corrected chi connectivity index (χ4v) is 4.63. The zero-order valence-corrected chi connectivity index (χ0v) is 16.6. The van der Waals surface area contributed by atoms with Crippen molar-refractivity contribution in [1.82, 2.24) is 20.4 Å². The van der Waals surface area contributed by atoms with Gasteiger partial charge in [0.25, 0.3) is 11.6 Å². The van der Waals surface area contributed by atoms with E-state index in [1.165, 1.54) is 4.90 Å². The molecule has 1 aliphatic carbocycles. The first kappa shape index (κ1) is 18.9. The largest absolute Gasteiger partial charge is 0.340 e. The summed E-state index contributed by atoms with van der Waals surface area (Å²) in [7, 11) is -3.08. The lowest BCUT2D eigenvalue weighted by molar-refractivity contribution is -0.132. The van der Waals surface area contributed by atoms with Gasteiger partial charge in [0.1, 0.15) is 6.04 Å². The molecule has 9 nitrogen and oxygen atoms in total. The lowest BCUT2D eigenvalue weighted by Gasteiger charge is -2.29. The molecule has 2 amide bonds. The number of sulfone groups is 1. The maximum absolute atomic E-state index is 12.9. The van der Waals surface area contributed by atoms with Crippen molar-refractivity contribution in [3.8, 4) is 0 Å². The number of aromatic nitrogens is 2. The number of carbonyl (C=O) groups is 2. The average molecular weight is 406 g/mol. The quantitative estimate of drug-likeness (QED) is 0.796. The molecule has 0 spiro atoms. The fraction of sp³-hybridized carbons (Fsp3) is 0.556. The molecule has 1 atom stereocenters. The number of hydrogen-bond acceptors (Lipinski definition) is 7. The van der Waals surface area contributed by atoms with Crippen LogP contribution in [0.1, 0.15) is 47.4 Å². The number of hydrogen-bond donors (Lipinski definition) is 1. The Hall–Kier alpha value is -2.49. The predicted octanol–water partition coefficient (Wildman–Crippen LogP) is 0.784. The molecule has 2 aromatic rings. The molecule has 2 fully saturated rings. The molecule has 1 N–H and O–H groups in total. The highest BCUT2D eigenvalue weighted by atomic mass is 32.2. The van der Waals surface area contributed by atoms with E-state index in [4.69, 9.17) is 4.52 Å². The van der Waals surface area contributed by atoms with Crippen molar-refractivity contribution in [3.63, 3.8) is 0 Å². The standard InChI is InChI=1S/C18H22N4O5S/c1-10-15-13(9-14(12-3-4-12)20-17(15)27-21-10)16(23)19-11(2)18(24)22-5-7-28(25,26)8-6-22/h9,11-12H,3-8H2,1-2H3,(H,19,23). The molecule has 1 saturated heterocycles. The average Bonchev–Trinajstić information content (AvgIpc) is 3.44. The fourth-order valence-electron chi connectivity index (χ4n) is 3.42. The molecular formula is C18H22N4O5S. The summed E-state index contributed by atoms with van der Waals surface area (Å²) in [5, 5.41) is 7.19. The zero-order chi connectivity index (χ0) is 20.1. The van der Waals surface area contributed by atoms with Crippen LogP contribution in [0.2, 0.25) is 0 Å². The van der Waals surface area contributed by atoms with Gasteiger partial charge in [0.15, 0.2) is 9.84 Å². The molecule has 10 heteroatoms. The van der Waals surface area contributed by atoms with Gasteiger partial charge in [-0.25, -0.2) is 13.4 Å². The topological polar surface area (TPSA) is 122 Å². The third-order valence-corrected chi connectivity index (χ3v) is 6.86. The lowest BCUT2D eigenvalue weighted by Crippen LogP contribution is -2.51. The number of nitrogens with one attached hydrogen (secondary N) is 1. The smallest absolute Gasteiger partial charge is 0.259 e. The summed E-state index contributed by atoms with van der Waals surface area (Å²) < 4.78 is 28.3. The van der Waals surface area contributed by atoms with Crippen LogP contribution < -0.4 is 5.32 Å². The Kier molecular flexibility index (Phi) is 4.60. The Morgan fingerprint density at radius 3 is 2.61 bits per heavy atom. The number of pyridine rings is 1. The zero-order valence-electron chi connectivity index (χ0n) is 15.8. The van der Waals surface area contributed by atoms with Crippen molar-refractivity contribution in [1.29, 1.82) is 0 Å². The summed E-state index contributed by atoms with van der Waals surface area (Å²) in [4.78, 5) is 31.5. The first-order valence-corrected chi connectivity index (χ1v) is 11.1. The van der Waals surface area contributed by atoms with Gasteiger partial charge in [-0.3, -0.25) is 9.59 Å². The van der Waals surface area contributed by atoms with Crippen molar-refractivity contribution in [2.24, 2.45) is 0 Å². The van der Waals surface area contributed by atoms with Crippen LogP contribution in [0.3, 0.4) is 0 Å². The van der Waals surface area contributed by atoms with Crippen molar-refractivity contribution in [2.45, 2.75) is 38.6 Å². The highest BCUT2D eigenvalue weighted by molar-refractivity contribution is 7.91. The Morgan fingerprint density at radius 2 is 1.96 bits per heavy atom. The highest BCUT2D eigenvalue weighted by Crippen LogP contribution is 2.40. The van der Waals surface area contributed by atoms with E-state index in [-0.39, 0.29) is 30.5 Å². The van der Waals surface area contributed by atoms with Gasteiger partial charge in [0.2, 0.25) is 5.91 Å². The van der Waals surface area contributed by atoms with Crippen molar-refractivity contribution >= 4 is 32.8 Å². The number of amides is 2. The van der Waals surface area contributed by atoms with Crippen molar-refractivity contribution in [2.75, 3.05) is 24.6 Å². The van der Waals surface area contributed by atoms with E-state index in [0.29, 0.717) is 28.3 Å². The van der Waals surface area contributed by atoms with Gasteiger partial charge in [-0.15, -0.1) is 0 Å². The molecule has 2 aromatic heterocycles. The van der Waals surface area contributed by atoms with E-state index in [1.54, 1.807) is 19.9 Å². The molecule has 0 radical (unpaired) electrons. The van der Waals surface area contributed by atoms with Crippen molar-refractivity contribution in [3.05, 3.63) is 23.0 Å². The van der Waals surface area contributed by atoms with Crippen LogP contribution in [-0.4, -0.2) is 65.9 Å². The normalized spacial score (nSPS) is 20.1. The molecule has 0 aromatic carbocycles. The molecule has 2 aliphatic rings. The van der Waals surface area contributed by atoms with Gasteiger partial charge in [-0.1, -0.05) is 5.16 Å². The molecular weight excluding hydrogens is 384 g/mol. The monoisotopic (exact) mass is 406 g/mol. The minimum atomic E-state index is -3.08. The molecule has 4 rings (SSSR count). The number of rotatable bonds is 4. The first-order chi connectivity index (χ1) is 13.2. The second kappa shape index (κ2) is 6.84. The first-order valence-electron chi connectivity index (χ1n) is 9.32. The Bertz CT molecular complexity index is 1040. The van der Waals surface area contributed by atoms with Gasteiger partial charge >= 0.3 is 0 Å². The molecule has 1 aliphatic heterocycles. The summed E-state index contributed by atoms with van der Waals surface area (Å²) in [6.07, 6.45) is 2.05. The highest BCUT2D eigenvalue weighted by Gasteiger charge is 2.31. The van der Waals surface area contributed by atoms with Gasteiger partial charge in [-0.2, -0.15) is 0 Å². The maximum atomic E-state index is 12.9. The van der Waals surface area contributed by atoms with Crippen LogP contribution in [0.4, 0.5) is 0 Å². The van der Waals surface area contributed by atoms with Crippen LogP contribution in [0.25, 0.3) is 11.1 Å². The van der Waals surface area contributed by atoms with Crippen LogP contribution in [0.5, 0.6) is 0 Å². The third-order valence-electron chi connectivity index (χ3n) is 5.25. The molecule has 1 unspecified atom stereocenters. The second-order valence-electron chi connectivity index (χ2n) is 7.49. The SMILES string of the molecule is Cc1noc2nc(C3CC3)cc(C(=O)NC(C)C(=O)N3CCS(=O)(=O)CC3)c12. The minimum absolute atomic E-state index is 0.0466. The lowest BCUT2D eigenvalue weighted by atomic mass is 10.1. The van der Waals surface area contributed by atoms with E-state index in [1.807, 2.05) is 0 Å². The van der Waals surface area contributed by atoms with Crippen LogP contribution in [0, 0.1) is 6.92 Å². The van der Waals surface area contributed by atoms with E-state index in [0.717, 1.165) is 18.5 Å². The maximum Gasteiger partial charge on any atom is 0.259 e. The van der Waals surface area contributed by atoms with Crippen LogP contribution in [0.15, 0.2) is 10.6 Å². The number of fused-ring (bicyclic) bond motifs is 1. The summed E-state index contributed by atoms with van der Waals surface area (Å²) in [6.45, 7) is 3.64. The molecule has 1 saturated carbocycles. The van der Waals surface area contributed by atoms with Crippen molar-refractivity contribution < 1.29 is 22.5 Å². The molecule has 0 bridgehead atoms. The van der Waals surface area contributed by atoms with Gasteiger partial charge in [0, 0.05) is 24.7 Å². The number of aryl methyl sites for hydroxylation is 1. The summed E-state index contributed by atoms with van der Waals surface area (Å²) >= 11 is 0. The van der Waals surface area contributed by atoms with Gasteiger partial charge < -0.3 is 14.7 Å². The summed E-state index contributed by atoms with van der Waals surface area (Å²) in [6, 6.07) is 0.977. The van der Waals surface area contributed by atoms with Gasteiger partial charge in [-0.05, 0) is 32.8 Å². The van der Waals surface area contributed by atoms with E-state index in [9.17, 15) is 18.0 Å². The predicted molar refractivity (Wildman–Crippen MR) is 101 cm³/mol. The molecule has 3 heterocycles.